The van der Waals surface area contributed by atoms with Gasteiger partial charge in [0, 0.05) is 33.2 Å². The predicted octanol–water partition coefficient (Wildman–Crippen LogP) is 2.50. The first-order valence-electron chi connectivity index (χ1n) is 8.22. The Balaban J connectivity index is 0.00000220. The van der Waals surface area contributed by atoms with Crippen LogP contribution in [0, 0.1) is 17.8 Å². The van der Waals surface area contributed by atoms with Gasteiger partial charge in [-0.2, -0.15) is 0 Å². The smallest absolute Gasteiger partial charge is 0.193 e. The average Bonchev–Trinajstić information content (AvgIpc) is 2.38. The standard InChI is InChI=1S/C16H32N4.HI/c1-13-8-14(2)11-20(10-13)16(17-3)18-9-15-6-5-7-19(4)12-15;/h13-15H,5-12H2,1-4H3,(H,17,18);1H. The zero-order valence-corrected chi connectivity index (χ0v) is 16.5. The zero-order valence-electron chi connectivity index (χ0n) is 14.1. The number of hydrogen-bond acceptors (Lipinski definition) is 2. The molecule has 2 heterocycles. The molecule has 0 amide bonds. The van der Waals surface area contributed by atoms with E-state index in [2.05, 4.69) is 41.0 Å². The zero-order chi connectivity index (χ0) is 14.5. The molecule has 3 unspecified atom stereocenters. The van der Waals surface area contributed by atoms with Crippen molar-refractivity contribution < 1.29 is 0 Å². The maximum Gasteiger partial charge on any atom is 0.193 e. The van der Waals surface area contributed by atoms with E-state index in [1.807, 2.05) is 7.05 Å². The molecule has 4 nitrogen and oxygen atoms in total. The van der Waals surface area contributed by atoms with Crippen molar-refractivity contribution in [3.8, 4) is 0 Å². The summed E-state index contributed by atoms with van der Waals surface area (Å²) in [7, 11) is 4.15. The molecular formula is C16H33IN4. The van der Waals surface area contributed by atoms with Crippen molar-refractivity contribution in [2.75, 3.05) is 46.8 Å². The van der Waals surface area contributed by atoms with Gasteiger partial charge in [-0.1, -0.05) is 13.8 Å². The predicted molar refractivity (Wildman–Crippen MR) is 102 cm³/mol. The van der Waals surface area contributed by atoms with Crippen LogP contribution in [0.3, 0.4) is 0 Å². The lowest BCUT2D eigenvalue weighted by Gasteiger charge is -2.38. The molecule has 0 aliphatic carbocycles. The second-order valence-corrected chi connectivity index (χ2v) is 7.05. The van der Waals surface area contributed by atoms with Gasteiger partial charge in [-0.05, 0) is 50.6 Å². The third kappa shape index (κ3) is 5.93. The van der Waals surface area contributed by atoms with Crippen LogP contribution in [0.25, 0.3) is 0 Å². The highest BCUT2D eigenvalue weighted by atomic mass is 127. The highest BCUT2D eigenvalue weighted by Gasteiger charge is 2.25. The van der Waals surface area contributed by atoms with E-state index in [1.165, 1.54) is 32.4 Å². The largest absolute Gasteiger partial charge is 0.356 e. The van der Waals surface area contributed by atoms with Gasteiger partial charge in [0.25, 0.3) is 0 Å². The molecule has 0 radical (unpaired) electrons. The second-order valence-electron chi connectivity index (χ2n) is 7.05. The van der Waals surface area contributed by atoms with Gasteiger partial charge in [0.05, 0.1) is 0 Å². The lowest BCUT2D eigenvalue weighted by Crippen LogP contribution is -2.50. The van der Waals surface area contributed by atoms with Gasteiger partial charge < -0.3 is 15.1 Å². The Morgan fingerprint density at radius 1 is 1.19 bits per heavy atom. The molecule has 0 aromatic carbocycles. The highest BCUT2D eigenvalue weighted by molar-refractivity contribution is 14.0. The maximum atomic E-state index is 4.50. The number of nitrogens with one attached hydrogen (secondary N) is 1. The number of hydrogen-bond donors (Lipinski definition) is 1. The number of aliphatic imine (C=N–C) groups is 1. The summed E-state index contributed by atoms with van der Waals surface area (Å²) in [4.78, 5) is 9.40. The first kappa shape index (κ1) is 19.0. The molecule has 0 bridgehead atoms. The Morgan fingerprint density at radius 3 is 2.43 bits per heavy atom. The lowest BCUT2D eigenvalue weighted by atomic mass is 9.92. The van der Waals surface area contributed by atoms with Crippen LogP contribution in [0.15, 0.2) is 4.99 Å². The molecule has 2 aliphatic rings. The fraction of sp³-hybridized carbons (Fsp3) is 0.938. The lowest BCUT2D eigenvalue weighted by molar-refractivity contribution is 0.197. The summed E-state index contributed by atoms with van der Waals surface area (Å²) < 4.78 is 0. The molecule has 3 atom stereocenters. The van der Waals surface area contributed by atoms with Gasteiger partial charge in [0.2, 0.25) is 0 Å². The fourth-order valence-corrected chi connectivity index (χ4v) is 3.84. The minimum atomic E-state index is 0. The van der Waals surface area contributed by atoms with Gasteiger partial charge in [0.1, 0.15) is 0 Å². The number of piperidine rings is 2. The fourth-order valence-electron chi connectivity index (χ4n) is 3.84. The molecule has 21 heavy (non-hydrogen) atoms. The molecule has 1 N–H and O–H groups in total. The van der Waals surface area contributed by atoms with Crippen molar-refractivity contribution in [3.05, 3.63) is 0 Å². The SMILES string of the molecule is CN=C(NCC1CCCN(C)C1)N1CC(C)CC(C)C1.I. The van der Waals surface area contributed by atoms with E-state index >= 15 is 0 Å². The number of rotatable bonds is 2. The second kappa shape index (κ2) is 9.18. The van der Waals surface area contributed by atoms with E-state index in [0.29, 0.717) is 0 Å². The molecular weight excluding hydrogens is 375 g/mol. The van der Waals surface area contributed by atoms with E-state index in [0.717, 1.165) is 43.3 Å². The van der Waals surface area contributed by atoms with Crippen molar-refractivity contribution in [2.24, 2.45) is 22.7 Å². The average molecular weight is 408 g/mol. The topological polar surface area (TPSA) is 30.9 Å². The molecule has 0 saturated carbocycles. The highest BCUT2D eigenvalue weighted by Crippen LogP contribution is 2.21. The normalized spacial score (nSPS) is 31.7. The number of likely N-dealkylation sites (tertiary alicyclic amines) is 2. The molecule has 5 heteroatoms. The van der Waals surface area contributed by atoms with Crippen LogP contribution in [-0.2, 0) is 0 Å². The molecule has 2 saturated heterocycles. The van der Waals surface area contributed by atoms with E-state index in [-0.39, 0.29) is 24.0 Å². The van der Waals surface area contributed by atoms with Gasteiger partial charge in [0.15, 0.2) is 5.96 Å². The Bertz CT molecular complexity index is 324. The van der Waals surface area contributed by atoms with E-state index in [9.17, 15) is 0 Å². The Kier molecular flexibility index (Phi) is 8.31. The first-order valence-corrected chi connectivity index (χ1v) is 8.22. The van der Waals surface area contributed by atoms with Crippen LogP contribution in [0.1, 0.15) is 33.1 Å². The summed E-state index contributed by atoms with van der Waals surface area (Å²) in [6.07, 6.45) is 4.03. The third-order valence-corrected chi connectivity index (χ3v) is 4.65. The molecule has 0 aromatic heterocycles. The van der Waals surface area contributed by atoms with Gasteiger partial charge >= 0.3 is 0 Å². The van der Waals surface area contributed by atoms with Gasteiger partial charge in [-0.3, -0.25) is 4.99 Å². The summed E-state index contributed by atoms with van der Waals surface area (Å²) in [5.41, 5.74) is 0. The Labute approximate surface area is 147 Å². The summed E-state index contributed by atoms with van der Waals surface area (Å²) in [6, 6.07) is 0. The van der Waals surface area contributed by atoms with Crippen molar-refractivity contribution in [2.45, 2.75) is 33.1 Å². The van der Waals surface area contributed by atoms with Crippen molar-refractivity contribution in [3.63, 3.8) is 0 Å². The van der Waals surface area contributed by atoms with Crippen molar-refractivity contribution >= 4 is 29.9 Å². The van der Waals surface area contributed by atoms with Crippen LogP contribution in [0.2, 0.25) is 0 Å². The first-order chi connectivity index (χ1) is 9.58. The third-order valence-electron chi connectivity index (χ3n) is 4.65. The summed E-state index contributed by atoms with van der Waals surface area (Å²) >= 11 is 0. The number of halogens is 1. The molecule has 2 aliphatic heterocycles. The number of nitrogens with zero attached hydrogens (tertiary/aromatic N) is 3. The summed E-state index contributed by atoms with van der Waals surface area (Å²) in [5, 5.41) is 3.62. The summed E-state index contributed by atoms with van der Waals surface area (Å²) in [5.74, 6) is 3.43. The summed E-state index contributed by atoms with van der Waals surface area (Å²) in [6.45, 7) is 10.5. The van der Waals surface area contributed by atoms with E-state index in [4.69, 9.17) is 0 Å². The van der Waals surface area contributed by atoms with E-state index < -0.39 is 0 Å². The van der Waals surface area contributed by atoms with Crippen LogP contribution in [0.4, 0.5) is 0 Å². The molecule has 2 rings (SSSR count). The number of guanidine groups is 1. The van der Waals surface area contributed by atoms with Crippen LogP contribution < -0.4 is 5.32 Å². The maximum absolute atomic E-state index is 4.50. The monoisotopic (exact) mass is 408 g/mol. The molecule has 124 valence electrons. The minimum absolute atomic E-state index is 0. The molecule has 0 aromatic rings. The Morgan fingerprint density at radius 2 is 1.86 bits per heavy atom. The Hall–Kier alpha value is -0.0400. The van der Waals surface area contributed by atoms with Gasteiger partial charge in [-0.25, -0.2) is 0 Å². The molecule has 2 fully saturated rings. The van der Waals surface area contributed by atoms with Crippen LogP contribution >= 0.6 is 24.0 Å². The van der Waals surface area contributed by atoms with E-state index in [1.54, 1.807) is 0 Å². The quantitative estimate of drug-likeness (QED) is 0.433. The van der Waals surface area contributed by atoms with Gasteiger partial charge in [-0.15, -0.1) is 24.0 Å². The van der Waals surface area contributed by atoms with Crippen molar-refractivity contribution in [1.82, 2.24) is 15.1 Å². The minimum Gasteiger partial charge on any atom is -0.356 e. The molecule has 0 spiro atoms. The van der Waals surface area contributed by atoms with Crippen LogP contribution in [-0.4, -0.2) is 62.6 Å². The van der Waals surface area contributed by atoms with Crippen molar-refractivity contribution in [1.29, 1.82) is 0 Å². The van der Waals surface area contributed by atoms with Crippen LogP contribution in [0.5, 0.6) is 0 Å².